The fourth-order valence-electron chi connectivity index (χ4n) is 4.89. The van der Waals surface area contributed by atoms with Gasteiger partial charge < -0.3 is 15.5 Å². The number of piperazine rings is 3. The zero-order valence-corrected chi connectivity index (χ0v) is 17.5. The van der Waals surface area contributed by atoms with E-state index in [-0.39, 0.29) is 35.3 Å². The van der Waals surface area contributed by atoms with Crippen molar-refractivity contribution in [3.05, 3.63) is 0 Å². The number of carbonyl (C=O) groups is 1. The molecule has 0 aliphatic carbocycles. The van der Waals surface area contributed by atoms with E-state index in [1.54, 1.807) is 0 Å². The molecule has 5 aliphatic rings. The van der Waals surface area contributed by atoms with E-state index < -0.39 is 0 Å². The van der Waals surface area contributed by atoms with Gasteiger partial charge in [-0.25, -0.2) is 0 Å². The predicted molar refractivity (Wildman–Crippen MR) is 109 cm³/mol. The number of likely N-dealkylation sites (tertiary alicyclic amines) is 1. The van der Waals surface area contributed by atoms with Crippen LogP contribution in [0.2, 0.25) is 0 Å². The van der Waals surface area contributed by atoms with Crippen molar-refractivity contribution in [2.45, 2.75) is 25.3 Å². The molecule has 0 aromatic heterocycles. The third-order valence-electron chi connectivity index (χ3n) is 6.26. The minimum atomic E-state index is 0. The lowest BCUT2D eigenvalue weighted by molar-refractivity contribution is -0.119. The van der Waals surface area contributed by atoms with E-state index in [0.717, 1.165) is 45.0 Å². The van der Waals surface area contributed by atoms with Crippen LogP contribution in [-0.4, -0.2) is 98.6 Å². The first-order valence-electron chi connectivity index (χ1n) is 9.36. The van der Waals surface area contributed by atoms with E-state index in [2.05, 4.69) is 30.3 Å². The van der Waals surface area contributed by atoms with Gasteiger partial charge in [-0.2, -0.15) is 0 Å². The molecule has 5 fully saturated rings. The molecule has 5 aliphatic heterocycles. The molecular formula is C17H31IN6O. The number of rotatable bonds is 2. The molecule has 2 atom stereocenters. The second kappa shape index (κ2) is 7.96. The number of fused-ring (bicyclic) bond motifs is 3. The largest absolute Gasteiger partial charge is 0.355 e. The van der Waals surface area contributed by atoms with Gasteiger partial charge in [0.15, 0.2) is 5.96 Å². The smallest absolute Gasteiger partial charge is 0.220 e. The van der Waals surface area contributed by atoms with Gasteiger partial charge >= 0.3 is 0 Å². The molecule has 142 valence electrons. The summed E-state index contributed by atoms with van der Waals surface area (Å²) >= 11 is 0. The third kappa shape index (κ3) is 4.05. The van der Waals surface area contributed by atoms with Gasteiger partial charge in [-0.3, -0.25) is 19.6 Å². The highest BCUT2D eigenvalue weighted by Gasteiger charge is 2.42. The summed E-state index contributed by atoms with van der Waals surface area (Å²) in [6, 6.07) is 0.595. The summed E-state index contributed by atoms with van der Waals surface area (Å²) < 4.78 is 0. The number of amides is 1. The van der Waals surface area contributed by atoms with Crippen LogP contribution in [0.25, 0.3) is 0 Å². The average molecular weight is 462 g/mol. The van der Waals surface area contributed by atoms with Crippen LogP contribution in [0.3, 0.4) is 0 Å². The summed E-state index contributed by atoms with van der Waals surface area (Å²) in [7, 11) is 1.87. The molecule has 8 heteroatoms. The van der Waals surface area contributed by atoms with Crippen molar-refractivity contribution in [3.63, 3.8) is 0 Å². The number of hydrogen-bond acceptors (Lipinski definition) is 4. The molecule has 5 saturated heterocycles. The number of aliphatic imine (C=N–C) groups is 1. The molecular weight excluding hydrogens is 431 g/mol. The second-order valence-electron chi connectivity index (χ2n) is 7.90. The molecule has 1 amide bonds. The van der Waals surface area contributed by atoms with Crippen molar-refractivity contribution in [2.24, 2.45) is 10.4 Å². The van der Waals surface area contributed by atoms with Gasteiger partial charge in [-0.05, 0) is 12.8 Å². The SMILES string of the molecule is CN=C(NCC1CN2CCN1CC2)N1CCCC2(CNC(=O)C2)C1.I. The molecule has 0 radical (unpaired) electrons. The fraction of sp³-hybridized carbons (Fsp3) is 0.882. The molecule has 0 saturated carbocycles. The van der Waals surface area contributed by atoms with Gasteiger partial charge in [0.2, 0.25) is 5.91 Å². The molecule has 2 unspecified atom stereocenters. The topological polar surface area (TPSA) is 63.2 Å². The number of halogens is 1. The highest BCUT2D eigenvalue weighted by molar-refractivity contribution is 14.0. The Morgan fingerprint density at radius 2 is 2.12 bits per heavy atom. The highest BCUT2D eigenvalue weighted by atomic mass is 127. The third-order valence-corrected chi connectivity index (χ3v) is 6.26. The second-order valence-corrected chi connectivity index (χ2v) is 7.90. The van der Waals surface area contributed by atoms with Crippen LogP contribution in [0.5, 0.6) is 0 Å². The summed E-state index contributed by atoms with van der Waals surface area (Å²) in [5, 5.41) is 6.63. The molecule has 2 bridgehead atoms. The average Bonchev–Trinajstić information content (AvgIpc) is 2.96. The van der Waals surface area contributed by atoms with Gasteiger partial charge in [0.05, 0.1) is 0 Å². The Morgan fingerprint density at radius 1 is 1.32 bits per heavy atom. The van der Waals surface area contributed by atoms with Gasteiger partial charge in [0.25, 0.3) is 0 Å². The van der Waals surface area contributed by atoms with E-state index >= 15 is 0 Å². The van der Waals surface area contributed by atoms with E-state index in [0.29, 0.717) is 12.5 Å². The minimum absolute atomic E-state index is 0. The molecule has 2 N–H and O–H groups in total. The highest BCUT2D eigenvalue weighted by Crippen LogP contribution is 2.36. The Balaban J connectivity index is 0.00000182. The summed E-state index contributed by atoms with van der Waals surface area (Å²) in [6.45, 7) is 9.78. The minimum Gasteiger partial charge on any atom is -0.355 e. The van der Waals surface area contributed by atoms with Crippen molar-refractivity contribution in [1.29, 1.82) is 0 Å². The van der Waals surface area contributed by atoms with Crippen LogP contribution in [-0.2, 0) is 4.79 Å². The molecule has 0 aromatic rings. The predicted octanol–water partition coefficient (Wildman–Crippen LogP) is -0.218. The Morgan fingerprint density at radius 3 is 2.72 bits per heavy atom. The fourth-order valence-corrected chi connectivity index (χ4v) is 4.89. The molecule has 5 rings (SSSR count). The van der Waals surface area contributed by atoms with Crippen molar-refractivity contribution in [3.8, 4) is 0 Å². The van der Waals surface area contributed by atoms with E-state index in [1.165, 1.54) is 32.7 Å². The molecule has 5 heterocycles. The first kappa shape index (κ1) is 19.2. The first-order chi connectivity index (χ1) is 11.7. The lowest BCUT2D eigenvalue weighted by Gasteiger charge is -2.48. The lowest BCUT2D eigenvalue weighted by atomic mass is 9.79. The van der Waals surface area contributed by atoms with Crippen LogP contribution in [0.4, 0.5) is 0 Å². The van der Waals surface area contributed by atoms with Gasteiger partial charge in [-0.1, -0.05) is 0 Å². The van der Waals surface area contributed by atoms with Gasteiger partial charge in [0.1, 0.15) is 0 Å². The van der Waals surface area contributed by atoms with Gasteiger partial charge in [-0.15, -0.1) is 24.0 Å². The van der Waals surface area contributed by atoms with E-state index in [9.17, 15) is 4.79 Å². The van der Waals surface area contributed by atoms with Crippen LogP contribution < -0.4 is 10.6 Å². The Bertz CT molecular complexity index is 521. The molecule has 7 nitrogen and oxygen atoms in total. The lowest BCUT2D eigenvalue weighted by Crippen LogP contribution is -2.64. The molecule has 25 heavy (non-hydrogen) atoms. The van der Waals surface area contributed by atoms with Gasteiger partial charge in [0, 0.05) is 83.8 Å². The molecule has 0 aromatic carbocycles. The van der Waals surface area contributed by atoms with Crippen LogP contribution in [0, 0.1) is 5.41 Å². The van der Waals surface area contributed by atoms with Crippen LogP contribution >= 0.6 is 24.0 Å². The Kier molecular flexibility index (Phi) is 6.10. The number of nitrogens with zero attached hydrogens (tertiary/aromatic N) is 4. The number of guanidine groups is 1. The van der Waals surface area contributed by atoms with Crippen molar-refractivity contribution in [2.75, 3.05) is 66.0 Å². The number of hydrogen-bond donors (Lipinski definition) is 2. The number of piperidine rings is 1. The molecule has 1 spiro atoms. The Hall–Kier alpha value is -0.610. The number of carbonyl (C=O) groups excluding carboxylic acids is 1. The zero-order valence-electron chi connectivity index (χ0n) is 15.2. The van der Waals surface area contributed by atoms with E-state index in [1.807, 2.05) is 7.05 Å². The van der Waals surface area contributed by atoms with Crippen molar-refractivity contribution >= 4 is 35.8 Å². The maximum Gasteiger partial charge on any atom is 0.220 e. The van der Waals surface area contributed by atoms with Crippen LogP contribution in [0.15, 0.2) is 4.99 Å². The first-order valence-corrected chi connectivity index (χ1v) is 9.36. The normalized spacial score (nSPS) is 37.8. The summed E-state index contributed by atoms with van der Waals surface area (Å²) in [6.07, 6.45) is 2.95. The summed E-state index contributed by atoms with van der Waals surface area (Å²) in [5.74, 6) is 1.21. The standard InChI is InChI=1S/C17H30N6O.HI/c1-18-16(19-10-14-11-21-5-7-22(14)8-6-21)23-4-2-3-17(13-23)9-15(24)20-12-17;/h14H,2-13H2,1H3,(H,18,19)(H,20,24);1H. The quantitative estimate of drug-likeness (QED) is 0.338. The van der Waals surface area contributed by atoms with Crippen LogP contribution in [0.1, 0.15) is 19.3 Å². The maximum absolute atomic E-state index is 11.7. The zero-order chi connectivity index (χ0) is 16.6. The summed E-state index contributed by atoms with van der Waals surface area (Å²) in [4.78, 5) is 23.7. The summed E-state index contributed by atoms with van der Waals surface area (Å²) in [5.41, 5.74) is 0.117. The van der Waals surface area contributed by atoms with Crippen molar-refractivity contribution in [1.82, 2.24) is 25.3 Å². The maximum atomic E-state index is 11.7. The Labute approximate surface area is 167 Å². The monoisotopic (exact) mass is 462 g/mol. The number of nitrogens with one attached hydrogen (secondary N) is 2. The van der Waals surface area contributed by atoms with Crippen molar-refractivity contribution < 1.29 is 4.79 Å². The van der Waals surface area contributed by atoms with E-state index in [4.69, 9.17) is 0 Å².